The van der Waals surface area contributed by atoms with Crippen molar-refractivity contribution in [3.05, 3.63) is 59.9 Å². The highest BCUT2D eigenvalue weighted by molar-refractivity contribution is 5.75. The summed E-state index contributed by atoms with van der Waals surface area (Å²) in [5.41, 5.74) is 2.10. The van der Waals surface area contributed by atoms with Crippen LogP contribution in [0.3, 0.4) is 0 Å². The molecule has 6 nitrogen and oxygen atoms in total. The van der Waals surface area contributed by atoms with Crippen LogP contribution in [0.5, 0.6) is 5.75 Å². The fraction of sp³-hybridized carbons (Fsp3) is 0.455. The molecule has 0 radical (unpaired) electrons. The van der Waals surface area contributed by atoms with Crippen LogP contribution >= 0.6 is 0 Å². The minimum Gasteiger partial charge on any atom is -0.496 e. The number of ether oxygens (including phenoxy) is 1. The summed E-state index contributed by atoms with van der Waals surface area (Å²) in [7, 11) is 3.49. The van der Waals surface area contributed by atoms with E-state index in [9.17, 15) is 4.79 Å². The Labute approximate surface area is 167 Å². The third-order valence-corrected chi connectivity index (χ3v) is 5.52. The number of benzene rings is 1. The smallest absolute Gasteiger partial charge is 0.317 e. The first-order chi connectivity index (χ1) is 13.6. The van der Waals surface area contributed by atoms with Gasteiger partial charge in [-0.25, -0.2) is 4.79 Å². The number of rotatable bonds is 6. The number of hydrogen-bond donors (Lipinski definition) is 1. The van der Waals surface area contributed by atoms with Gasteiger partial charge in [-0.15, -0.1) is 0 Å². The van der Waals surface area contributed by atoms with Crippen molar-refractivity contribution in [2.45, 2.75) is 38.4 Å². The average molecular weight is 383 g/mol. The Hall–Kier alpha value is -2.60. The lowest BCUT2D eigenvalue weighted by Crippen LogP contribution is -2.48. The maximum atomic E-state index is 12.7. The summed E-state index contributed by atoms with van der Waals surface area (Å²) in [6.45, 7) is 4.82. The first-order valence-corrected chi connectivity index (χ1v) is 9.87. The highest BCUT2D eigenvalue weighted by Crippen LogP contribution is 2.28. The van der Waals surface area contributed by atoms with Crippen LogP contribution in [0.2, 0.25) is 0 Å². The van der Waals surface area contributed by atoms with Gasteiger partial charge in [0.15, 0.2) is 0 Å². The molecule has 1 atom stereocenters. The molecular weight excluding hydrogens is 352 g/mol. The van der Waals surface area contributed by atoms with E-state index < -0.39 is 0 Å². The fourth-order valence-corrected chi connectivity index (χ4v) is 3.63. The largest absolute Gasteiger partial charge is 0.496 e. The van der Waals surface area contributed by atoms with Crippen LogP contribution in [0.25, 0.3) is 0 Å². The predicted octanol–water partition coefficient (Wildman–Crippen LogP) is 3.46. The van der Waals surface area contributed by atoms with Gasteiger partial charge in [-0.3, -0.25) is 9.88 Å². The molecule has 1 fully saturated rings. The second-order valence-corrected chi connectivity index (χ2v) is 7.35. The van der Waals surface area contributed by atoms with Crippen LogP contribution in [0.1, 0.15) is 37.1 Å². The molecule has 0 aliphatic carbocycles. The number of pyridine rings is 1. The summed E-state index contributed by atoms with van der Waals surface area (Å²) in [4.78, 5) is 21.3. The molecule has 2 aromatic rings. The molecule has 1 unspecified atom stereocenters. The molecular formula is C22H30N4O2. The van der Waals surface area contributed by atoms with E-state index in [1.54, 1.807) is 12.0 Å². The van der Waals surface area contributed by atoms with Crippen LogP contribution < -0.4 is 10.1 Å². The van der Waals surface area contributed by atoms with Crippen molar-refractivity contribution in [1.29, 1.82) is 0 Å². The molecule has 1 N–H and O–H groups in total. The molecule has 28 heavy (non-hydrogen) atoms. The Morgan fingerprint density at radius 1 is 1.25 bits per heavy atom. The standard InChI is InChI=1S/C22H30N4O2/c1-17(20-9-4-5-10-21(20)28-3)25(2)22(27)24-18-11-14-26(15-12-18)16-19-8-6-7-13-23-19/h4-10,13,17-18H,11-12,14-16H2,1-3H3,(H,24,27). The monoisotopic (exact) mass is 382 g/mol. The number of para-hydroxylation sites is 1. The van der Waals surface area contributed by atoms with Crippen LogP contribution in [0, 0.1) is 0 Å². The number of nitrogens with zero attached hydrogens (tertiary/aromatic N) is 3. The van der Waals surface area contributed by atoms with Crippen molar-refractivity contribution < 1.29 is 9.53 Å². The van der Waals surface area contributed by atoms with E-state index in [1.165, 1.54) is 0 Å². The molecule has 150 valence electrons. The molecule has 1 aromatic heterocycles. The molecule has 2 heterocycles. The van der Waals surface area contributed by atoms with Crippen molar-refractivity contribution in [2.24, 2.45) is 0 Å². The summed E-state index contributed by atoms with van der Waals surface area (Å²) >= 11 is 0. The van der Waals surface area contributed by atoms with E-state index >= 15 is 0 Å². The molecule has 0 spiro atoms. The third kappa shape index (κ3) is 5.01. The maximum Gasteiger partial charge on any atom is 0.317 e. The topological polar surface area (TPSA) is 57.7 Å². The summed E-state index contributed by atoms with van der Waals surface area (Å²) < 4.78 is 5.44. The van der Waals surface area contributed by atoms with Gasteiger partial charge in [0, 0.05) is 44.5 Å². The van der Waals surface area contributed by atoms with Crippen molar-refractivity contribution in [3.63, 3.8) is 0 Å². The van der Waals surface area contributed by atoms with Gasteiger partial charge in [0.25, 0.3) is 0 Å². The average Bonchev–Trinajstić information content (AvgIpc) is 2.74. The van der Waals surface area contributed by atoms with Gasteiger partial charge in [-0.1, -0.05) is 24.3 Å². The number of hydrogen-bond acceptors (Lipinski definition) is 4. The number of urea groups is 1. The SMILES string of the molecule is COc1ccccc1C(C)N(C)C(=O)NC1CCN(Cc2ccccn2)CC1. The second-order valence-electron chi connectivity index (χ2n) is 7.35. The number of likely N-dealkylation sites (tertiary alicyclic amines) is 1. The third-order valence-electron chi connectivity index (χ3n) is 5.52. The van der Waals surface area contributed by atoms with Gasteiger partial charge in [0.05, 0.1) is 18.8 Å². The highest BCUT2D eigenvalue weighted by Gasteiger charge is 2.25. The van der Waals surface area contributed by atoms with Crippen molar-refractivity contribution >= 4 is 6.03 Å². The molecule has 3 rings (SSSR count). The van der Waals surface area contributed by atoms with Crippen LogP contribution in [0.4, 0.5) is 4.79 Å². The zero-order chi connectivity index (χ0) is 19.9. The second kappa shape index (κ2) is 9.55. The number of nitrogens with one attached hydrogen (secondary N) is 1. The van der Waals surface area contributed by atoms with Gasteiger partial charge < -0.3 is 15.0 Å². The first-order valence-electron chi connectivity index (χ1n) is 9.87. The Balaban J connectivity index is 1.49. The Morgan fingerprint density at radius 2 is 1.96 bits per heavy atom. The van der Waals surface area contributed by atoms with Gasteiger partial charge in [0.1, 0.15) is 5.75 Å². The molecule has 0 bridgehead atoms. The summed E-state index contributed by atoms with van der Waals surface area (Å²) in [6.07, 6.45) is 3.74. The van der Waals surface area contributed by atoms with E-state index in [-0.39, 0.29) is 18.1 Å². The zero-order valence-electron chi connectivity index (χ0n) is 17.0. The van der Waals surface area contributed by atoms with Crippen molar-refractivity contribution in [3.8, 4) is 5.75 Å². The first kappa shape index (κ1) is 20.1. The van der Waals surface area contributed by atoms with E-state index in [0.717, 1.165) is 49.5 Å². The number of amides is 2. The van der Waals surface area contributed by atoms with Crippen LogP contribution in [-0.4, -0.2) is 54.1 Å². The van der Waals surface area contributed by atoms with Crippen molar-refractivity contribution in [2.75, 3.05) is 27.2 Å². The lowest BCUT2D eigenvalue weighted by Gasteiger charge is -2.34. The number of piperidine rings is 1. The van der Waals surface area contributed by atoms with Crippen molar-refractivity contribution in [1.82, 2.24) is 20.1 Å². The Morgan fingerprint density at radius 3 is 2.64 bits per heavy atom. The summed E-state index contributed by atoms with van der Waals surface area (Å²) in [6, 6.07) is 14.0. The van der Waals surface area contributed by atoms with E-state index in [4.69, 9.17) is 4.74 Å². The van der Waals surface area contributed by atoms with Gasteiger partial charge in [0.2, 0.25) is 0 Å². The van der Waals surface area contributed by atoms with Crippen LogP contribution in [0.15, 0.2) is 48.7 Å². The molecule has 1 aromatic carbocycles. The van der Waals surface area contributed by atoms with Gasteiger partial charge in [-0.05, 0) is 38.0 Å². The van der Waals surface area contributed by atoms with Gasteiger partial charge in [-0.2, -0.15) is 0 Å². The van der Waals surface area contributed by atoms with E-state index in [2.05, 4.69) is 21.3 Å². The molecule has 2 amide bonds. The predicted molar refractivity (Wildman–Crippen MR) is 110 cm³/mol. The lowest BCUT2D eigenvalue weighted by atomic mass is 10.0. The molecule has 6 heteroatoms. The van der Waals surface area contributed by atoms with E-state index in [0.29, 0.717) is 0 Å². The van der Waals surface area contributed by atoms with Crippen LogP contribution in [-0.2, 0) is 6.54 Å². The number of carbonyl (C=O) groups is 1. The fourth-order valence-electron chi connectivity index (χ4n) is 3.63. The normalized spacial score (nSPS) is 16.4. The maximum absolute atomic E-state index is 12.7. The minimum atomic E-state index is -0.0691. The Kier molecular flexibility index (Phi) is 6.87. The van der Waals surface area contributed by atoms with E-state index in [1.807, 2.05) is 56.6 Å². The number of methoxy groups -OCH3 is 1. The summed E-state index contributed by atoms with van der Waals surface area (Å²) in [5.74, 6) is 0.803. The number of aromatic nitrogens is 1. The zero-order valence-corrected chi connectivity index (χ0v) is 17.0. The highest BCUT2D eigenvalue weighted by atomic mass is 16.5. The molecule has 1 aliphatic heterocycles. The molecule has 1 saturated heterocycles. The molecule has 1 aliphatic rings. The quantitative estimate of drug-likeness (QED) is 0.831. The minimum absolute atomic E-state index is 0.0402. The number of carbonyl (C=O) groups excluding carboxylic acids is 1. The lowest BCUT2D eigenvalue weighted by molar-refractivity contribution is 0.165. The molecule has 0 saturated carbocycles. The Bertz CT molecular complexity index is 760. The van der Waals surface area contributed by atoms with Gasteiger partial charge >= 0.3 is 6.03 Å². The summed E-state index contributed by atoms with van der Waals surface area (Å²) in [5, 5.41) is 3.20.